The van der Waals surface area contributed by atoms with Gasteiger partial charge in [0.05, 0.1) is 6.04 Å². The quantitative estimate of drug-likeness (QED) is 0.896. The molecule has 1 atom stereocenters. The number of nitrogens with zero attached hydrogens (tertiary/aromatic N) is 3. The number of rotatable bonds is 5. The lowest BCUT2D eigenvalue weighted by Gasteiger charge is -2.34. The topological polar surface area (TPSA) is 41.1 Å². The van der Waals surface area contributed by atoms with Crippen LogP contribution < -0.4 is 5.32 Å². The van der Waals surface area contributed by atoms with E-state index in [1.165, 1.54) is 12.0 Å². The molecule has 112 valence electrons. The van der Waals surface area contributed by atoms with Crippen LogP contribution in [-0.2, 0) is 6.42 Å². The summed E-state index contributed by atoms with van der Waals surface area (Å²) in [5.41, 5.74) is 3.63. The van der Waals surface area contributed by atoms with Gasteiger partial charge < -0.3 is 5.32 Å². The molecule has 0 spiro atoms. The van der Waals surface area contributed by atoms with Crippen molar-refractivity contribution in [2.45, 2.75) is 53.0 Å². The van der Waals surface area contributed by atoms with Crippen LogP contribution in [0.5, 0.6) is 0 Å². The molecule has 1 unspecified atom stereocenters. The van der Waals surface area contributed by atoms with Crippen LogP contribution in [0.3, 0.4) is 0 Å². The van der Waals surface area contributed by atoms with Crippen molar-refractivity contribution in [1.82, 2.24) is 20.2 Å². The first-order valence-corrected chi connectivity index (χ1v) is 7.96. The molecule has 1 fully saturated rings. The van der Waals surface area contributed by atoms with E-state index in [1.807, 2.05) is 0 Å². The van der Waals surface area contributed by atoms with Gasteiger partial charge in [-0.2, -0.15) is 0 Å². The van der Waals surface area contributed by atoms with Crippen LogP contribution in [0.25, 0.3) is 0 Å². The van der Waals surface area contributed by atoms with Gasteiger partial charge in [-0.05, 0) is 32.3 Å². The van der Waals surface area contributed by atoms with E-state index >= 15 is 0 Å². The van der Waals surface area contributed by atoms with Crippen LogP contribution in [0.1, 0.15) is 55.5 Å². The van der Waals surface area contributed by atoms with E-state index in [0.717, 1.165) is 56.2 Å². The van der Waals surface area contributed by atoms with Crippen molar-refractivity contribution in [3.05, 3.63) is 22.8 Å². The number of aromatic nitrogens is 2. The van der Waals surface area contributed by atoms with E-state index in [4.69, 9.17) is 9.97 Å². The lowest BCUT2D eigenvalue weighted by molar-refractivity contribution is 0.157. The Morgan fingerprint density at radius 2 is 1.70 bits per heavy atom. The van der Waals surface area contributed by atoms with Crippen LogP contribution in [0.15, 0.2) is 0 Å². The number of hydrogen-bond acceptors (Lipinski definition) is 4. The summed E-state index contributed by atoms with van der Waals surface area (Å²) in [6, 6.07) is 0.380. The summed E-state index contributed by atoms with van der Waals surface area (Å²) in [5, 5.41) is 3.42. The lowest BCUT2D eigenvalue weighted by Crippen LogP contribution is -2.45. The van der Waals surface area contributed by atoms with Gasteiger partial charge in [0, 0.05) is 37.6 Å². The normalized spacial score (nSPS) is 18.2. The van der Waals surface area contributed by atoms with Gasteiger partial charge in [-0.1, -0.05) is 20.3 Å². The Hall–Kier alpha value is -1.00. The fraction of sp³-hybridized carbons (Fsp3) is 0.750. The number of nitrogens with one attached hydrogen (secondary N) is 1. The molecule has 1 aliphatic rings. The molecule has 1 aromatic heterocycles. The number of hydrogen-bond donors (Lipinski definition) is 1. The molecule has 1 aromatic rings. The van der Waals surface area contributed by atoms with Crippen LogP contribution in [-0.4, -0.2) is 41.0 Å². The highest BCUT2D eigenvalue weighted by molar-refractivity contribution is 5.25. The summed E-state index contributed by atoms with van der Waals surface area (Å²) >= 11 is 0. The van der Waals surface area contributed by atoms with Crippen LogP contribution in [0.4, 0.5) is 0 Å². The maximum absolute atomic E-state index is 4.83. The predicted molar refractivity (Wildman–Crippen MR) is 83.0 cm³/mol. The van der Waals surface area contributed by atoms with Gasteiger partial charge in [-0.25, -0.2) is 9.97 Å². The van der Waals surface area contributed by atoms with Gasteiger partial charge >= 0.3 is 0 Å². The number of aryl methyl sites for hydroxylation is 2. The summed E-state index contributed by atoms with van der Waals surface area (Å²) in [5.74, 6) is 1.03. The molecular formula is C16H28N4. The minimum Gasteiger partial charge on any atom is -0.314 e. The van der Waals surface area contributed by atoms with E-state index in [9.17, 15) is 0 Å². The lowest BCUT2D eigenvalue weighted by atomic mass is 10.1. The second kappa shape index (κ2) is 7.14. The molecule has 1 aliphatic heterocycles. The molecule has 0 saturated carbocycles. The third-order valence-corrected chi connectivity index (χ3v) is 4.24. The highest BCUT2D eigenvalue weighted by Gasteiger charge is 2.24. The standard InChI is InChI=1S/C16H28N4/c1-5-7-15(20-10-8-17-9-11-20)16-18-12(3)14(6-2)13(4)19-16/h15,17H,5-11H2,1-4H3. The summed E-state index contributed by atoms with van der Waals surface area (Å²) < 4.78 is 0. The average molecular weight is 276 g/mol. The monoisotopic (exact) mass is 276 g/mol. The summed E-state index contributed by atoms with van der Waals surface area (Å²) in [6.07, 6.45) is 3.33. The predicted octanol–water partition coefficient (Wildman–Crippen LogP) is 2.40. The first-order chi connectivity index (χ1) is 9.67. The maximum atomic E-state index is 4.83. The average Bonchev–Trinajstić information content (AvgIpc) is 2.45. The zero-order valence-corrected chi connectivity index (χ0v) is 13.4. The maximum Gasteiger partial charge on any atom is 0.145 e. The molecule has 2 rings (SSSR count). The number of piperazine rings is 1. The fourth-order valence-electron chi connectivity index (χ4n) is 3.17. The van der Waals surface area contributed by atoms with Crippen molar-refractivity contribution in [2.75, 3.05) is 26.2 Å². The minimum absolute atomic E-state index is 0.380. The first-order valence-electron chi connectivity index (χ1n) is 7.96. The van der Waals surface area contributed by atoms with Gasteiger partial charge in [-0.15, -0.1) is 0 Å². The molecule has 0 amide bonds. The minimum atomic E-state index is 0.380. The Labute approximate surface area is 123 Å². The third kappa shape index (κ3) is 3.36. The zero-order chi connectivity index (χ0) is 14.5. The molecule has 4 nitrogen and oxygen atoms in total. The summed E-state index contributed by atoms with van der Waals surface area (Å²) in [7, 11) is 0. The van der Waals surface area contributed by atoms with Crippen LogP contribution in [0, 0.1) is 13.8 Å². The molecule has 0 aromatic carbocycles. The Bertz CT molecular complexity index is 415. The molecular weight excluding hydrogens is 248 g/mol. The summed E-state index contributed by atoms with van der Waals surface area (Å²) in [4.78, 5) is 12.2. The SMILES string of the molecule is CCCC(c1nc(C)c(CC)c(C)n1)N1CCNCC1. The van der Waals surface area contributed by atoms with Crippen LogP contribution >= 0.6 is 0 Å². The Kier molecular flexibility index (Phi) is 5.49. The Morgan fingerprint density at radius 3 is 2.20 bits per heavy atom. The van der Waals surface area contributed by atoms with Crippen LogP contribution in [0.2, 0.25) is 0 Å². The largest absolute Gasteiger partial charge is 0.314 e. The van der Waals surface area contributed by atoms with Crippen molar-refractivity contribution in [1.29, 1.82) is 0 Å². The molecule has 0 bridgehead atoms. The molecule has 1 N–H and O–H groups in total. The molecule has 1 saturated heterocycles. The van der Waals surface area contributed by atoms with Crippen molar-refractivity contribution in [3.8, 4) is 0 Å². The molecule has 2 heterocycles. The van der Waals surface area contributed by atoms with Crippen molar-refractivity contribution >= 4 is 0 Å². The first kappa shape index (κ1) is 15.4. The fourth-order valence-corrected chi connectivity index (χ4v) is 3.17. The van der Waals surface area contributed by atoms with Gasteiger partial charge in [0.1, 0.15) is 5.82 Å². The van der Waals surface area contributed by atoms with E-state index in [2.05, 4.69) is 37.9 Å². The zero-order valence-electron chi connectivity index (χ0n) is 13.4. The smallest absolute Gasteiger partial charge is 0.145 e. The van der Waals surface area contributed by atoms with Gasteiger partial charge in [0.2, 0.25) is 0 Å². The summed E-state index contributed by atoms with van der Waals surface area (Å²) in [6.45, 7) is 13.0. The highest BCUT2D eigenvalue weighted by Crippen LogP contribution is 2.25. The molecule has 20 heavy (non-hydrogen) atoms. The van der Waals surface area contributed by atoms with E-state index in [1.54, 1.807) is 0 Å². The second-order valence-electron chi connectivity index (χ2n) is 5.68. The molecule has 0 aliphatic carbocycles. The van der Waals surface area contributed by atoms with Gasteiger partial charge in [0.15, 0.2) is 0 Å². The van der Waals surface area contributed by atoms with Crippen molar-refractivity contribution in [3.63, 3.8) is 0 Å². The third-order valence-electron chi connectivity index (χ3n) is 4.24. The van der Waals surface area contributed by atoms with Gasteiger partial charge in [0.25, 0.3) is 0 Å². The Balaban J connectivity index is 2.28. The van der Waals surface area contributed by atoms with Gasteiger partial charge in [-0.3, -0.25) is 4.90 Å². The second-order valence-corrected chi connectivity index (χ2v) is 5.68. The highest BCUT2D eigenvalue weighted by atomic mass is 15.2. The molecule has 4 heteroatoms. The van der Waals surface area contributed by atoms with E-state index < -0.39 is 0 Å². The van der Waals surface area contributed by atoms with Crippen molar-refractivity contribution in [2.24, 2.45) is 0 Å². The Morgan fingerprint density at radius 1 is 1.10 bits per heavy atom. The molecule has 0 radical (unpaired) electrons. The van der Waals surface area contributed by atoms with Crippen molar-refractivity contribution < 1.29 is 0 Å². The van der Waals surface area contributed by atoms with E-state index in [-0.39, 0.29) is 0 Å². The van der Waals surface area contributed by atoms with E-state index in [0.29, 0.717) is 6.04 Å².